The summed E-state index contributed by atoms with van der Waals surface area (Å²) in [6.45, 7) is 5.04. The minimum Gasteiger partial charge on any atom is -0.358 e. The van der Waals surface area contributed by atoms with E-state index in [1.54, 1.807) is 17.8 Å². The zero-order valence-corrected chi connectivity index (χ0v) is 14.3. The van der Waals surface area contributed by atoms with Crippen LogP contribution in [0.1, 0.15) is 24.2 Å². The monoisotopic (exact) mass is 354 g/mol. The Balaban J connectivity index is 1.69. The Labute approximate surface area is 143 Å². The minimum absolute atomic E-state index is 0.123. The number of carbonyl (C=O) groups excluding carboxylic acids is 1. The summed E-state index contributed by atoms with van der Waals surface area (Å²) < 4.78 is 3.21. The topological polar surface area (TPSA) is 108 Å². The number of nitrogens with zero attached hydrogens (tertiary/aromatic N) is 5. The summed E-state index contributed by atoms with van der Waals surface area (Å²) in [7, 11) is 0. The number of aryl methyl sites for hydroxylation is 4. The zero-order valence-electron chi connectivity index (χ0n) is 13.5. The maximum atomic E-state index is 11.8. The van der Waals surface area contributed by atoms with Gasteiger partial charge in [-0.15, -0.1) is 0 Å². The summed E-state index contributed by atoms with van der Waals surface area (Å²) in [5.74, 6) is -0.330. The lowest BCUT2D eigenvalue weighted by Crippen LogP contribution is -2.26. The summed E-state index contributed by atoms with van der Waals surface area (Å²) in [6, 6.07) is 1.38. The summed E-state index contributed by atoms with van der Waals surface area (Å²) in [6.07, 6.45) is 2.70. The number of halogens is 1. The van der Waals surface area contributed by atoms with Gasteiger partial charge in [-0.05, 0) is 25.2 Å². The number of amides is 1. The van der Waals surface area contributed by atoms with Crippen molar-refractivity contribution in [2.24, 2.45) is 0 Å². The van der Waals surface area contributed by atoms with E-state index in [0.717, 1.165) is 12.1 Å². The molecule has 2 rings (SSSR count). The predicted octanol–water partition coefficient (Wildman–Crippen LogP) is 1.85. The van der Waals surface area contributed by atoms with Gasteiger partial charge in [-0.2, -0.15) is 9.78 Å². The van der Waals surface area contributed by atoms with Crippen molar-refractivity contribution in [2.45, 2.75) is 39.8 Å². The van der Waals surface area contributed by atoms with Gasteiger partial charge in [0.05, 0.1) is 34.1 Å². The number of rotatable bonds is 8. The Morgan fingerprint density at radius 2 is 2.12 bits per heavy atom. The molecule has 2 aromatic heterocycles. The van der Waals surface area contributed by atoms with Crippen molar-refractivity contribution in [3.8, 4) is 0 Å². The fraction of sp³-hybridized carbons (Fsp3) is 0.500. The number of hydrogen-bond acceptors (Lipinski definition) is 5. The number of carbonyl (C=O) groups is 1. The van der Waals surface area contributed by atoms with E-state index in [1.807, 2.05) is 6.92 Å². The van der Waals surface area contributed by atoms with Gasteiger partial charge in [-0.1, -0.05) is 11.6 Å². The molecule has 0 unspecified atom stereocenters. The van der Waals surface area contributed by atoms with Crippen molar-refractivity contribution in [3.63, 3.8) is 0 Å². The molecule has 0 aromatic carbocycles. The van der Waals surface area contributed by atoms with Crippen LogP contribution < -0.4 is 5.32 Å². The van der Waals surface area contributed by atoms with Crippen LogP contribution in [0.3, 0.4) is 0 Å². The summed E-state index contributed by atoms with van der Waals surface area (Å²) in [4.78, 5) is 21.9. The summed E-state index contributed by atoms with van der Waals surface area (Å²) in [5, 5.41) is 22.2. The predicted molar refractivity (Wildman–Crippen MR) is 87.8 cm³/mol. The second-order valence-corrected chi connectivity index (χ2v) is 5.81. The van der Waals surface area contributed by atoms with Gasteiger partial charge >= 0.3 is 5.82 Å². The molecule has 0 radical (unpaired) electrons. The molecule has 0 spiro atoms. The van der Waals surface area contributed by atoms with Crippen LogP contribution in [0.15, 0.2) is 12.3 Å². The lowest BCUT2D eigenvalue weighted by Gasteiger charge is -2.05. The average Bonchev–Trinajstić information content (AvgIpc) is 3.05. The molecule has 10 heteroatoms. The van der Waals surface area contributed by atoms with Gasteiger partial charge in [0.1, 0.15) is 0 Å². The number of nitrogens with one attached hydrogen (secondary N) is 1. The highest BCUT2D eigenvalue weighted by Gasteiger charge is 2.15. The smallest absolute Gasteiger partial charge is 0.358 e. The van der Waals surface area contributed by atoms with E-state index in [9.17, 15) is 14.9 Å². The van der Waals surface area contributed by atoms with Crippen LogP contribution in [-0.4, -0.2) is 36.9 Å². The molecule has 2 aromatic rings. The lowest BCUT2D eigenvalue weighted by atomic mass is 10.3. The average molecular weight is 355 g/mol. The van der Waals surface area contributed by atoms with Gasteiger partial charge in [0.25, 0.3) is 0 Å². The van der Waals surface area contributed by atoms with E-state index in [-0.39, 0.29) is 18.1 Å². The van der Waals surface area contributed by atoms with E-state index in [1.165, 1.54) is 10.7 Å². The van der Waals surface area contributed by atoms with Gasteiger partial charge in [0, 0.05) is 25.7 Å². The molecule has 0 saturated heterocycles. The molecule has 2 heterocycles. The second-order valence-electron chi connectivity index (χ2n) is 5.40. The van der Waals surface area contributed by atoms with Crippen molar-refractivity contribution in [3.05, 3.63) is 38.8 Å². The van der Waals surface area contributed by atoms with Crippen molar-refractivity contribution in [1.82, 2.24) is 24.9 Å². The van der Waals surface area contributed by atoms with Gasteiger partial charge < -0.3 is 15.4 Å². The summed E-state index contributed by atoms with van der Waals surface area (Å²) >= 11 is 5.92. The quantitative estimate of drug-likeness (QED) is 0.442. The molecule has 0 aliphatic carbocycles. The van der Waals surface area contributed by atoms with Crippen LogP contribution in [-0.2, 0) is 17.9 Å². The highest BCUT2D eigenvalue weighted by Crippen LogP contribution is 2.12. The van der Waals surface area contributed by atoms with Crippen LogP contribution in [0.2, 0.25) is 5.02 Å². The largest absolute Gasteiger partial charge is 0.390 e. The first-order valence-corrected chi connectivity index (χ1v) is 7.89. The fourth-order valence-electron chi connectivity index (χ4n) is 2.18. The maximum Gasteiger partial charge on any atom is 0.390 e. The molecule has 24 heavy (non-hydrogen) atoms. The molecule has 0 bridgehead atoms. The van der Waals surface area contributed by atoms with Crippen molar-refractivity contribution >= 4 is 23.3 Å². The van der Waals surface area contributed by atoms with Gasteiger partial charge in [-0.3, -0.25) is 9.48 Å². The zero-order chi connectivity index (χ0) is 17.7. The minimum atomic E-state index is -0.549. The number of aromatic nitrogens is 4. The fourth-order valence-corrected chi connectivity index (χ4v) is 2.33. The van der Waals surface area contributed by atoms with Crippen LogP contribution >= 0.6 is 11.6 Å². The Hall–Kier alpha value is -2.42. The second kappa shape index (κ2) is 7.91. The molecular weight excluding hydrogens is 336 g/mol. The Kier molecular flexibility index (Phi) is 5.91. The summed E-state index contributed by atoms with van der Waals surface area (Å²) in [5.41, 5.74) is 1.44. The highest BCUT2D eigenvalue weighted by atomic mass is 35.5. The molecule has 9 nitrogen and oxygen atoms in total. The van der Waals surface area contributed by atoms with Crippen LogP contribution in [0, 0.1) is 24.0 Å². The third-order valence-electron chi connectivity index (χ3n) is 3.48. The molecular formula is C14H19ClN6O3. The molecule has 0 aliphatic rings. The lowest BCUT2D eigenvalue weighted by molar-refractivity contribution is -0.389. The molecule has 0 atom stereocenters. The molecule has 0 saturated carbocycles. The normalized spacial score (nSPS) is 10.8. The molecule has 0 aliphatic heterocycles. The van der Waals surface area contributed by atoms with Gasteiger partial charge in [-0.25, -0.2) is 0 Å². The number of hydrogen-bond donors (Lipinski definition) is 1. The molecule has 1 amide bonds. The first-order chi connectivity index (χ1) is 11.4. The maximum absolute atomic E-state index is 11.8. The van der Waals surface area contributed by atoms with E-state index in [0.29, 0.717) is 30.4 Å². The van der Waals surface area contributed by atoms with Crippen molar-refractivity contribution in [2.75, 3.05) is 6.54 Å². The Morgan fingerprint density at radius 1 is 1.38 bits per heavy atom. The molecule has 0 fully saturated rings. The molecule has 130 valence electrons. The van der Waals surface area contributed by atoms with E-state index < -0.39 is 4.92 Å². The van der Waals surface area contributed by atoms with Crippen LogP contribution in [0.5, 0.6) is 0 Å². The van der Waals surface area contributed by atoms with Crippen molar-refractivity contribution in [1.29, 1.82) is 0 Å². The first-order valence-electron chi connectivity index (χ1n) is 7.52. The van der Waals surface area contributed by atoms with Crippen LogP contribution in [0.4, 0.5) is 5.82 Å². The third-order valence-corrected chi connectivity index (χ3v) is 3.85. The third kappa shape index (κ3) is 4.79. The van der Waals surface area contributed by atoms with E-state index in [2.05, 4.69) is 15.5 Å². The van der Waals surface area contributed by atoms with Gasteiger partial charge in [0.15, 0.2) is 0 Å². The standard InChI is InChI=1S/C14H19ClN6O3/c1-10-8-13(21(23)24)18-20(10)7-4-14(22)16-5-3-6-19-9-12(15)11(2)17-19/h8-9H,3-7H2,1-2H3,(H,16,22). The van der Waals surface area contributed by atoms with E-state index in [4.69, 9.17) is 11.6 Å². The Bertz CT molecular complexity index is 719. The van der Waals surface area contributed by atoms with Crippen molar-refractivity contribution < 1.29 is 9.72 Å². The van der Waals surface area contributed by atoms with Crippen LogP contribution in [0.25, 0.3) is 0 Å². The highest BCUT2D eigenvalue weighted by molar-refractivity contribution is 6.31. The Morgan fingerprint density at radius 3 is 2.71 bits per heavy atom. The number of nitro groups is 1. The SMILES string of the molecule is Cc1nn(CCCNC(=O)CCn2nc([N+](=O)[O-])cc2C)cc1Cl. The van der Waals surface area contributed by atoms with Gasteiger partial charge in [0.2, 0.25) is 5.91 Å². The first kappa shape index (κ1) is 17.9. The van der Waals surface area contributed by atoms with E-state index >= 15 is 0 Å². The molecule has 1 N–H and O–H groups in total.